The van der Waals surface area contributed by atoms with Crippen LogP contribution in [0, 0.1) is 0 Å². The zero-order chi connectivity index (χ0) is 23.4. The van der Waals surface area contributed by atoms with E-state index in [1.165, 1.54) is 13.8 Å². The molecule has 0 saturated carbocycles. The first kappa shape index (κ1) is 24.8. The fraction of sp³-hybridized carbons (Fsp3) is 0.500. The van der Waals surface area contributed by atoms with E-state index in [1.54, 1.807) is 0 Å². The van der Waals surface area contributed by atoms with Gasteiger partial charge >= 0.3 is 11.9 Å². The molecule has 30 heavy (non-hydrogen) atoms. The number of aliphatic carboxylic acids is 2. The molecule has 0 aliphatic heterocycles. The molecule has 2 amide bonds. The quantitative estimate of drug-likeness (QED) is 0.211. The number of amides is 2. The Balaban J connectivity index is 3.27. The lowest BCUT2D eigenvalue weighted by atomic mass is 10.1. The largest absolute Gasteiger partial charge is 0.481 e. The van der Waals surface area contributed by atoms with Crippen LogP contribution in [0.2, 0.25) is 0 Å². The molecule has 0 aromatic carbocycles. The standard InChI is InChI=1S/C16H25N7O7/c1-7(17)12(26)23(13(27)9(18)4-11(24)25)10(14(28)29)3-8-5-22(6-21-8)15(30)16(2,19)20/h5-7,9-10H,3-4,17-20H2,1-2H3,(H,24,25)(H,28,29). The van der Waals surface area contributed by atoms with Gasteiger partial charge in [0.15, 0.2) is 0 Å². The molecule has 14 nitrogen and oxygen atoms in total. The van der Waals surface area contributed by atoms with Gasteiger partial charge in [0, 0.05) is 12.6 Å². The first-order valence-corrected chi connectivity index (χ1v) is 8.64. The normalized spacial score (nSPS) is 14.5. The molecule has 0 aliphatic rings. The highest BCUT2D eigenvalue weighted by molar-refractivity contribution is 6.03. The Morgan fingerprint density at radius 3 is 2.17 bits per heavy atom. The topological polar surface area (TPSA) is 251 Å². The maximum absolute atomic E-state index is 12.6. The summed E-state index contributed by atoms with van der Waals surface area (Å²) >= 11 is 0. The summed E-state index contributed by atoms with van der Waals surface area (Å²) in [5.74, 6) is -6.04. The van der Waals surface area contributed by atoms with E-state index >= 15 is 0 Å². The molecule has 0 bridgehead atoms. The third-order valence-corrected chi connectivity index (χ3v) is 3.91. The SMILES string of the molecule is CC(N)C(=O)N(C(=O)C(N)CC(=O)O)C(Cc1cn(C(=O)C(C)(N)N)cn1)C(=O)O. The molecule has 0 spiro atoms. The Kier molecular flexibility index (Phi) is 7.89. The highest BCUT2D eigenvalue weighted by Crippen LogP contribution is 2.13. The summed E-state index contributed by atoms with van der Waals surface area (Å²) in [7, 11) is 0. The van der Waals surface area contributed by atoms with E-state index in [4.69, 9.17) is 28.0 Å². The minimum atomic E-state index is -1.81. The Morgan fingerprint density at radius 2 is 1.73 bits per heavy atom. The summed E-state index contributed by atoms with van der Waals surface area (Å²) < 4.78 is 0.934. The molecule has 1 heterocycles. The first-order valence-electron chi connectivity index (χ1n) is 8.64. The highest BCUT2D eigenvalue weighted by Gasteiger charge is 2.39. The molecule has 0 fully saturated rings. The molecule has 1 aromatic heterocycles. The molecular weight excluding hydrogens is 402 g/mol. The second kappa shape index (κ2) is 9.53. The van der Waals surface area contributed by atoms with Crippen LogP contribution >= 0.6 is 0 Å². The molecule has 14 heteroatoms. The van der Waals surface area contributed by atoms with Gasteiger partial charge in [-0.15, -0.1) is 0 Å². The average molecular weight is 427 g/mol. The van der Waals surface area contributed by atoms with Crippen LogP contribution in [-0.2, 0) is 25.6 Å². The number of hydrogen-bond donors (Lipinski definition) is 6. The number of imide groups is 1. The van der Waals surface area contributed by atoms with Gasteiger partial charge in [0.25, 0.3) is 5.91 Å². The molecule has 0 saturated heterocycles. The molecular formula is C16H25N7O7. The van der Waals surface area contributed by atoms with Crippen LogP contribution in [-0.4, -0.2) is 78.1 Å². The number of carbonyl (C=O) groups is 5. The van der Waals surface area contributed by atoms with Gasteiger partial charge in [0.05, 0.1) is 24.2 Å². The fourth-order valence-corrected chi connectivity index (χ4v) is 2.43. The van der Waals surface area contributed by atoms with Gasteiger partial charge in [0.2, 0.25) is 11.8 Å². The Bertz CT molecular complexity index is 843. The van der Waals surface area contributed by atoms with Crippen molar-refractivity contribution in [3.8, 4) is 0 Å². The van der Waals surface area contributed by atoms with Crippen molar-refractivity contribution in [2.45, 2.75) is 50.5 Å². The number of carboxylic acids is 2. The van der Waals surface area contributed by atoms with E-state index in [9.17, 15) is 29.1 Å². The number of carboxylic acid groups (broad SMARTS) is 2. The molecule has 0 aliphatic carbocycles. The van der Waals surface area contributed by atoms with Gasteiger partial charge in [0.1, 0.15) is 18.0 Å². The van der Waals surface area contributed by atoms with Crippen molar-refractivity contribution >= 4 is 29.7 Å². The number of carbonyl (C=O) groups excluding carboxylic acids is 3. The molecule has 166 valence electrons. The summed E-state index contributed by atoms with van der Waals surface area (Å²) in [6, 6.07) is -4.76. The van der Waals surface area contributed by atoms with Gasteiger partial charge in [-0.1, -0.05) is 0 Å². The van der Waals surface area contributed by atoms with E-state index in [1.807, 2.05) is 0 Å². The van der Waals surface area contributed by atoms with Crippen LogP contribution < -0.4 is 22.9 Å². The molecule has 3 unspecified atom stereocenters. The van der Waals surface area contributed by atoms with E-state index in [0.29, 0.717) is 4.90 Å². The van der Waals surface area contributed by atoms with Crippen LogP contribution in [0.15, 0.2) is 12.5 Å². The van der Waals surface area contributed by atoms with Crippen molar-refractivity contribution in [3.05, 3.63) is 18.2 Å². The number of imidazole rings is 1. The van der Waals surface area contributed by atoms with Crippen LogP contribution in [0.25, 0.3) is 0 Å². The predicted molar refractivity (Wildman–Crippen MR) is 100 cm³/mol. The van der Waals surface area contributed by atoms with Crippen LogP contribution in [0.1, 0.15) is 30.8 Å². The summed E-state index contributed by atoms with van der Waals surface area (Å²) in [5, 5.41) is 18.4. The lowest BCUT2D eigenvalue weighted by Crippen LogP contribution is -2.58. The van der Waals surface area contributed by atoms with Crippen molar-refractivity contribution in [3.63, 3.8) is 0 Å². The lowest BCUT2D eigenvalue weighted by Gasteiger charge is -2.30. The molecule has 3 atom stereocenters. The summed E-state index contributed by atoms with van der Waals surface area (Å²) in [6.45, 7) is 2.47. The maximum Gasteiger partial charge on any atom is 0.327 e. The smallest absolute Gasteiger partial charge is 0.327 e. The van der Waals surface area contributed by atoms with Crippen molar-refractivity contribution in [1.82, 2.24) is 14.5 Å². The predicted octanol–water partition coefficient (Wildman–Crippen LogP) is -3.34. The number of nitrogens with zero attached hydrogens (tertiary/aromatic N) is 3. The number of rotatable bonds is 9. The monoisotopic (exact) mass is 427 g/mol. The highest BCUT2D eigenvalue weighted by atomic mass is 16.4. The van der Waals surface area contributed by atoms with Gasteiger partial charge in [-0.2, -0.15) is 0 Å². The summed E-state index contributed by atoms with van der Waals surface area (Å²) in [5.41, 5.74) is 20.4. The Labute approximate surface area is 170 Å². The van der Waals surface area contributed by atoms with E-state index in [-0.39, 0.29) is 5.69 Å². The average Bonchev–Trinajstić information content (AvgIpc) is 3.06. The Morgan fingerprint density at radius 1 is 1.17 bits per heavy atom. The minimum Gasteiger partial charge on any atom is -0.481 e. The van der Waals surface area contributed by atoms with Crippen LogP contribution in [0.3, 0.4) is 0 Å². The van der Waals surface area contributed by atoms with E-state index in [0.717, 1.165) is 17.1 Å². The van der Waals surface area contributed by atoms with Crippen LogP contribution in [0.5, 0.6) is 0 Å². The van der Waals surface area contributed by atoms with Crippen molar-refractivity contribution in [2.24, 2.45) is 22.9 Å². The van der Waals surface area contributed by atoms with Gasteiger partial charge in [-0.05, 0) is 13.8 Å². The van der Waals surface area contributed by atoms with E-state index < -0.39 is 66.3 Å². The third-order valence-electron chi connectivity index (χ3n) is 3.91. The van der Waals surface area contributed by atoms with Crippen LogP contribution in [0.4, 0.5) is 0 Å². The first-order chi connectivity index (χ1) is 13.7. The Hall–Kier alpha value is -3.20. The third kappa shape index (κ3) is 6.15. The number of nitrogens with two attached hydrogens (primary N) is 4. The van der Waals surface area contributed by atoms with E-state index in [2.05, 4.69) is 4.98 Å². The summed E-state index contributed by atoms with van der Waals surface area (Å²) in [6.07, 6.45) is 0.852. The molecule has 1 rings (SSSR count). The zero-order valence-electron chi connectivity index (χ0n) is 16.4. The van der Waals surface area contributed by atoms with Gasteiger partial charge in [-0.25, -0.2) is 9.78 Å². The fourth-order valence-electron chi connectivity index (χ4n) is 2.43. The second-order valence-electron chi connectivity index (χ2n) is 6.96. The van der Waals surface area contributed by atoms with Gasteiger partial charge in [-0.3, -0.25) is 28.6 Å². The minimum absolute atomic E-state index is 0.0158. The zero-order valence-corrected chi connectivity index (χ0v) is 16.4. The van der Waals surface area contributed by atoms with Crippen molar-refractivity contribution < 1.29 is 34.2 Å². The molecule has 1 aromatic rings. The summed E-state index contributed by atoms with van der Waals surface area (Å²) in [4.78, 5) is 64.0. The lowest BCUT2D eigenvalue weighted by molar-refractivity contribution is -0.159. The molecule has 0 radical (unpaired) electrons. The number of hydrogen-bond acceptors (Lipinski definition) is 10. The van der Waals surface area contributed by atoms with Gasteiger partial charge < -0.3 is 33.1 Å². The van der Waals surface area contributed by atoms with Crippen molar-refractivity contribution in [2.75, 3.05) is 0 Å². The molecule has 10 N–H and O–H groups in total. The van der Waals surface area contributed by atoms with Crippen molar-refractivity contribution in [1.29, 1.82) is 0 Å². The maximum atomic E-state index is 12.6. The number of aromatic nitrogens is 2. The second-order valence-corrected chi connectivity index (χ2v) is 6.96.